The van der Waals surface area contributed by atoms with Gasteiger partial charge >= 0.3 is 0 Å². The van der Waals surface area contributed by atoms with E-state index in [1.807, 2.05) is 29.2 Å². The SMILES string of the molecule is CC1CN(C(=O)c2cc(-c3ccco3)n(-c3ccc(Cl)cc3)n2)CCN1. The van der Waals surface area contributed by atoms with Gasteiger partial charge in [-0.05, 0) is 43.3 Å². The van der Waals surface area contributed by atoms with Crippen LogP contribution in [0.2, 0.25) is 5.02 Å². The molecule has 4 rings (SSSR count). The van der Waals surface area contributed by atoms with Crippen molar-refractivity contribution < 1.29 is 9.21 Å². The first-order chi connectivity index (χ1) is 12.6. The molecule has 1 N–H and O–H groups in total. The Hall–Kier alpha value is -2.57. The molecular weight excluding hydrogens is 352 g/mol. The van der Waals surface area contributed by atoms with Crippen molar-refractivity contribution in [2.75, 3.05) is 19.6 Å². The lowest BCUT2D eigenvalue weighted by Crippen LogP contribution is -2.51. The molecule has 1 aliphatic heterocycles. The van der Waals surface area contributed by atoms with Crippen LogP contribution in [0, 0.1) is 0 Å². The first-order valence-corrected chi connectivity index (χ1v) is 8.92. The molecule has 0 bridgehead atoms. The Morgan fingerprint density at radius 1 is 1.31 bits per heavy atom. The minimum Gasteiger partial charge on any atom is -0.463 e. The van der Waals surface area contributed by atoms with Crippen molar-refractivity contribution in [1.29, 1.82) is 0 Å². The molecule has 7 heteroatoms. The van der Waals surface area contributed by atoms with E-state index in [0.717, 1.165) is 17.9 Å². The van der Waals surface area contributed by atoms with Crippen molar-refractivity contribution in [3.63, 3.8) is 0 Å². The Balaban J connectivity index is 1.74. The highest BCUT2D eigenvalue weighted by Gasteiger charge is 2.25. The van der Waals surface area contributed by atoms with Crippen LogP contribution in [-0.2, 0) is 0 Å². The van der Waals surface area contributed by atoms with Crippen molar-refractivity contribution in [1.82, 2.24) is 20.0 Å². The molecular formula is C19H19ClN4O2. The zero-order valence-corrected chi connectivity index (χ0v) is 15.1. The van der Waals surface area contributed by atoms with Gasteiger partial charge < -0.3 is 14.6 Å². The van der Waals surface area contributed by atoms with Crippen LogP contribution in [-0.4, -0.2) is 46.3 Å². The minimum absolute atomic E-state index is 0.0705. The summed E-state index contributed by atoms with van der Waals surface area (Å²) in [5.74, 6) is 0.582. The van der Waals surface area contributed by atoms with Crippen molar-refractivity contribution in [2.45, 2.75) is 13.0 Å². The highest BCUT2D eigenvalue weighted by molar-refractivity contribution is 6.30. The molecule has 0 aliphatic carbocycles. The molecule has 2 aromatic heterocycles. The summed E-state index contributed by atoms with van der Waals surface area (Å²) in [6.45, 7) is 4.20. The molecule has 1 fully saturated rings. The molecule has 1 unspecified atom stereocenters. The smallest absolute Gasteiger partial charge is 0.274 e. The van der Waals surface area contributed by atoms with E-state index in [0.29, 0.717) is 29.6 Å². The number of furan rings is 1. The molecule has 1 aromatic carbocycles. The average molecular weight is 371 g/mol. The van der Waals surface area contributed by atoms with Gasteiger partial charge in [0.2, 0.25) is 0 Å². The Kier molecular flexibility index (Phi) is 4.53. The normalized spacial score (nSPS) is 17.5. The van der Waals surface area contributed by atoms with Crippen LogP contribution in [0.4, 0.5) is 0 Å². The van der Waals surface area contributed by atoms with Crippen molar-refractivity contribution in [3.05, 3.63) is 59.4 Å². The van der Waals surface area contributed by atoms with Gasteiger partial charge in [0, 0.05) is 36.8 Å². The van der Waals surface area contributed by atoms with Crippen LogP contribution in [0.1, 0.15) is 17.4 Å². The molecule has 3 aromatic rings. The fraction of sp³-hybridized carbons (Fsp3) is 0.263. The maximum Gasteiger partial charge on any atom is 0.274 e. The Morgan fingerprint density at radius 2 is 2.12 bits per heavy atom. The first kappa shape index (κ1) is 16.9. The van der Waals surface area contributed by atoms with E-state index in [-0.39, 0.29) is 11.9 Å². The third kappa shape index (κ3) is 3.25. The average Bonchev–Trinajstić information content (AvgIpc) is 3.31. The van der Waals surface area contributed by atoms with Crippen LogP contribution in [0.15, 0.2) is 53.1 Å². The van der Waals surface area contributed by atoms with E-state index < -0.39 is 0 Å². The number of piperazine rings is 1. The van der Waals surface area contributed by atoms with Crippen LogP contribution < -0.4 is 5.32 Å². The highest BCUT2D eigenvalue weighted by Crippen LogP contribution is 2.26. The molecule has 6 nitrogen and oxygen atoms in total. The van der Waals surface area contributed by atoms with E-state index in [1.165, 1.54) is 0 Å². The second-order valence-corrected chi connectivity index (χ2v) is 6.82. The van der Waals surface area contributed by atoms with Crippen LogP contribution in [0.25, 0.3) is 17.1 Å². The molecule has 3 heterocycles. The number of nitrogens with one attached hydrogen (secondary N) is 1. The van der Waals surface area contributed by atoms with E-state index in [9.17, 15) is 4.79 Å². The van der Waals surface area contributed by atoms with Gasteiger partial charge in [-0.25, -0.2) is 4.68 Å². The summed E-state index contributed by atoms with van der Waals surface area (Å²) < 4.78 is 7.26. The van der Waals surface area contributed by atoms with E-state index in [1.54, 1.807) is 29.1 Å². The fourth-order valence-electron chi connectivity index (χ4n) is 3.14. The number of amides is 1. The lowest BCUT2D eigenvalue weighted by atomic mass is 10.2. The van der Waals surface area contributed by atoms with E-state index >= 15 is 0 Å². The summed E-state index contributed by atoms with van der Waals surface area (Å²) in [4.78, 5) is 14.8. The third-order valence-corrected chi connectivity index (χ3v) is 4.68. The van der Waals surface area contributed by atoms with Gasteiger partial charge in [0.05, 0.1) is 12.0 Å². The fourth-order valence-corrected chi connectivity index (χ4v) is 3.27. The van der Waals surface area contributed by atoms with Gasteiger partial charge in [0.25, 0.3) is 5.91 Å². The monoisotopic (exact) mass is 370 g/mol. The maximum atomic E-state index is 12.9. The summed E-state index contributed by atoms with van der Waals surface area (Å²) in [7, 11) is 0. The molecule has 1 saturated heterocycles. The van der Waals surface area contributed by atoms with Gasteiger partial charge in [-0.15, -0.1) is 0 Å². The molecule has 0 radical (unpaired) electrons. The highest BCUT2D eigenvalue weighted by atomic mass is 35.5. The number of halogens is 1. The lowest BCUT2D eigenvalue weighted by molar-refractivity contribution is 0.0702. The number of hydrogen-bond acceptors (Lipinski definition) is 4. The number of carbonyl (C=O) groups is 1. The van der Waals surface area contributed by atoms with Gasteiger partial charge in [-0.2, -0.15) is 5.10 Å². The molecule has 0 saturated carbocycles. The zero-order chi connectivity index (χ0) is 18.1. The number of rotatable bonds is 3. The summed E-state index contributed by atoms with van der Waals surface area (Å²) in [6, 6.07) is 13.0. The van der Waals surface area contributed by atoms with Gasteiger partial charge in [-0.1, -0.05) is 11.6 Å². The molecule has 0 spiro atoms. The second-order valence-electron chi connectivity index (χ2n) is 6.39. The predicted molar refractivity (Wildman–Crippen MR) is 99.6 cm³/mol. The third-order valence-electron chi connectivity index (χ3n) is 4.43. The maximum absolute atomic E-state index is 12.9. The Labute approximate surface area is 156 Å². The quantitative estimate of drug-likeness (QED) is 0.768. The first-order valence-electron chi connectivity index (χ1n) is 8.54. The number of aromatic nitrogens is 2. The van der Waals surface area contributed by atoms with Crippen molar-refractivity contribution >= 4 is 17.5 Å². The summed E-state index contributed by atoms with van der Waals surface area (Å²) in [5.41, 5.74) is 1.94. The van der Waals surface area contributed by atoms with Gasteiger partial charge in [-0.3, -0.25) is 4.79 Å². The standard InChI is InChI=1S/C19H19ClN4O2/c1-13-12-23(9-8-21-13)19(25)16-11-17(18-3-2-10-26-18)24(22-16)15-6-4-14(20)5-7-15/h2-7,10-11,13,21H,8-9,12H2,1H3. The van der Waals surface area contributed by atoms with Gasteiger partial charge in [0.15, 0.2) is 11.5 Å². The number of nitrogens with zero attached hydrogens (tertiary/aromatic N) is 3. The summed E-state index contributed by atoms with van der Waals surface area (Å²) >= 11 is 5.99. The molecule has 26 heavy (non-hydrogen) atoms. The Morgan fingerprint density at radius 3 is 2.81 bits per heavy atom. The minimum atomic E-state index is -0.0705. The molecule has 1 amide bonds. The van der Waals surface area contributed by atoms with Crippen LogP contribution in [0.3, 0.4) is 0 Å². The molecule has 134 valence electrons. The van der Waals surface area contributed by atoms with Gasteiger partial charge in [0.1, 0.15) is 5.69 Å². The van der Waals surface area contributed by atoms with Crippen LogP contribution in [0.5, 0.6) is 0 Å². The molecule has 1 atom stereocenters. The van der Waals surface area contributed by atoms with Crippen molar-refractivity contribution in [2.24, 2.45) is 0 Å². The number of carbonyl (C=O) groups excluding carboxylic acids is 1. The Bertz CT molecular complexity index is 902. The topological polar surface area (TPSA) is 63.3 Å². The number of hydrogen-bond donors (Lipinski definition) is 1. The summed E-state index contributed by atoms with van der Waals surface area (Å²) in [6.07, 6.45) is 1.61. The lowest BCUT2D eigenvalue weighted by Gasteiger charge is -2.31. The number of benzene rings is 1. The summed E-state index contributed by atoms with van der Waals surface area (Å²) in [5, 5.41) is 8.55. The largest absolute Gasteiger partial charge is 0.463 e. The van der Waals surface area contributed by atoms with E-state index in [2.05, 4.69) is 17.3 Å². The van der Waals surface area contributed by atoms with E-state index in [4.69, 9.17) is 16.0 Å². The second kappa shape index (κ2) is 6.97. The zero-order valence-electron chi connectivity index (χ0n) is 14.4. The predicted octanol–water partition coefficient (Wildman–Crippen LogP) is 3.22. The molecule has 1 aliphatic rings. The van der Waals surface area contributed by atoms with Crippen molar-refractivity contribution in [3.8, 4) is 17.1 Å². The van der Waals surface area contributed by atoms with Crippen LogP contribution >= 0.6 is 11.6 Å².